The van der Waals surface area contributed by atoms with Crippen molar-refractivity contribution in [2.45, 2.75) is 20.3 Å². The van der Waals surface area contributed by atoms with Gasteiger partial charge in [0.15, 0.2) is 17.4 Å². The van der Waals surface area contributed by atoms with E-state index in [0.717, 1.165) is 23.4 Å². The van der Waals surface area contributed by atoms with Crippen LogP contribution in [-0.2, 0) is 6.42 Å². The molecule has 0 unspecified atom stereocenters. The van der Waals surface area contributed by atoms with Gasteiger partial charge in [-0.2, -0.15) is 4.57 Å². The molecule has 0 radical (unpaired) electrons. The number of nitrogens with one attached hydrogen (secondary N) is 1. The number of pyridine rings is 1. The zero-order chi connectivity index (χ0) is 20.8. The number of rotatable bonds is 6. The second kappa shape index (κ2) is 9.34. The van der Waals surface area contributed by atoms with Crippen LogP contribution in [0.2, 0.25) is 0 Å². The molecule has 0 saturated heterocycles. The van der Waals surface area contributed by atoms with Crippen molar-refractivity contribution in [3.8, 4) is 5.75 Å². The molecule has 0 spiro atoms. The van der Waals surface area contributed by atoms with E-state index in [9.17, 15) is 5.11 Å². The van der Waals surface area contributed by atoms with Gasteiger partial charge in [-0.1, -0.05) is 43.4 Å². The summed E-state index contributed by atoms with van der Waals surface area (Å²) in [4.78, 5) is 0.357. The van der Waals surface area contributed by atoms with Gasteiger partial charge in [0.25, 0.3) is 0 Å². The van der Waals surface area contributed by atoms with Crippen molar-refractivity contribution >= 4 is 34.3 Å². The molecule has 3 rings (SSSR count). The van der Waals surface area contributed by atoms with E-state index in [1.165, 1.54) is 5.56 Å². The van der Waals surface area contributed by atoms with E-state index in [-0.39, 0.29) is 5.76 Å². The fourth-order valence-corrected chi connectivity index (χ4v) is 3.28. The summed E-state index contributed by atoms with van der Waals surface area (Å²) in [5.41, 5.74) is 4.01. The van der Waals surface area contributed by atoms with Crippen LogP contribution in [0.25, 0.3) is 11.5 Å². The monoisotopic (exact) mass is 404 g/mol. The predicted octanol–water partition coefficient (Wildman–Crippen LogP) is 3.98. The zero-order valence-electron chi connectivity index (χ0n) is 16.8. The number of methoxy groups -OCH3 is 1. The molecule has 1 N–H and O–H groups in total. The fourth-order valence-electron chi connectivity index (χ4n) is 2.96. The molecule has 0 aliphatic heterocycles. The second-order valence-electron chi connectivity index (χ2n) is 6.70. The number of aryl methyl sites for hydroxylation is 2. The summed E-state index contributed by atoms with van der Waals surface area (Å²) in [6.45, 7) is 4.07. The minimum absolute atomic E-state index is 0.130. The van der Waals surface area contributed by atoms with Crippen LogP contribution in [0.1, 0.15) is 23.6 Å². The minimum atomic E-state index is -0.130. The Kier molecular flexibility index (Phi) is 6.62. The highest BCUT2D eigenvalue weighted by Crippen LogP contribution is 2.20. The summed E-state index contributed by atoms with van der Waals surface area (Å²) < 4.78 is 6.98. The van der Waals surface area contributed by atoms with Crippen molar-refractivity contribution in [2.24, 2.45) is 0 Å². The van der Waals surface area contributed by atoms with Crippen LogP contribution in [-0.4, -0.2) is 12.1 Å². The fraction of sp³-hybridized carbons (Fsp3) is 0.167. The van der Waals surface area contributed by atoms with Gasteiger partial charge in [-0.05, 0) is 60.6 Å². The molecule has 0 saturated carbocycles. The maximum atomic E-state index is 13.4. The lowest BCUT2D eigenvalue weighted by Gasteiger charge is -2.17. The molecule has 4 nitrogen and oxygen atoms in total. The molecule has 5 heteroatoms. The van der Waals surface area contributed by atoms with Crippen LogP contribution in [0.5, 0.6) is 5.75 Å². The first-order valence-electron chi connectivity index (χ1n) is 9.46. The van der Waals surface area contributed by atoms with Crippen LogP contribution >= 0.6 is 12.2 Å². The first-order chi connectivity index (χ1) is 14.0. The summed E-state index contributed by atoms with van der Waals surface area (Å²) >= 11 is 5.65. The molecule has 2 aromatic carbocycles. The third kappa shape index (κ3) is 5.00. The molecule has 3 aromatic rings. The number of aromatic nitrogens is 1. The van der Waals surface area contributed by atoms with Gasteiger partial charge in [-0.15, -0.1) is 0 Å². The Morgan fingerprint density at radius 3 is 2.34 bits per heavy atom. The summed E-state index contributed by atoms with van der Waals surface area (Å²) in [7, 11) is 1.62. The van der Waals surface area contributed by atoms with E-state index < -0.39 is 0 Å². The summed E-state index contributed by atoms with van der Waals surface area (Å²) in [5, 5.41) is 16.6. The number of ether oxygens (including phenoxy) is 1. The van der Waals surface area contributed by atoms with Gasteiger partial charge in [-0.3, -0.25) is 0 Å². The standard InChI is InChI=1S/C24H24N2O2S/c1-4-18-7-9-19(10-8-18)23(27)22(26-15-5-6-17(2)16-26)24(29)25-20-11-13-21(28-3)14-12-20/h5-16H,4H2,1-3H3,(H-,25,27,29). The van der Waals surface area contributed by atoms with E-state index >= 15 is 0 Å². The van der Waals surface area contributed by atoms with Crippen molar-refractivity contribution in [1.82, 2.24) is 0 Å². The Morgan fingerprint density at radius 2 is 1.76 bits per heavy atom. The van der Waals surface area contributed by atoms with E-state index in [0.29, 0.717) is 16.2 Å². The Bertz CT molecular complexity index is 1030. The molecular formula is C24H24N2O2S. The maximum Gasteiger partial charge on any atom is 0.238 e. The first-order valence-corrected chi connectivity index (χ1v) is 9.87. The lowest BCUT2D eigenvalue weighted by molar-refractivity contribution is -0.578. The van der Waals surface area contributed by atoms with E-state index in [1.54, 1.807) is 11.7 Å². The van der Waals surface area contributed by atoms with Crippen LogP contribution in [0.4, 0.5) is 5.69 Å². The molecule has 0 fully saturated rings. The highest BCUT2D eigenvalue weighted by molar-refractivity contribution is 7.81. The number of hydrogen-bond donors (Lipinski definition) is 1. The normalized spacial score (nSPS) is 11.6. The van der Waals surface area contributed by atoms with Gasteiger partial charge in [0.2, 0.25) is 5.70 Å². The van der Waals surface area contributed by atoms with Gasteiger partial charge in [-0.25, -0.2) is 0 Å². The summed E-state index contributed by atoms with van der Waals surface area (Å²) in [6, 6.07) is 19.0. The molecule has 0 aliphatic rings. The van der Waals surface area contributed by atoms with E-state index in [2.05, 4.69) is 12.2 Å². The molecule has 0 amide bonds. The largest absolute Gasteiger partial charge is 0.867 e. The van der Waals surface area contributed by atoms with E-state index in [4.69, 9.17) is 17.0 Å². The quantitative estimate of drug-likeness (QED) is 0.292. The molecule has 1 aromatic heterocycles. The second-order valence-corrected chi connectivity index (χ2v) is 7.11. The smallest absolute Gasteiger partial charge is 0.238 e. The van der Waals surface area contributed by atoms with Crippen LogP contribution in [0, 0.1) is 6.92 Å². The molecular weight excluding hydrogens is 380 g/mol. The summed E-state index contributed by atoms with van der Waals surface area (Å²) in [5.74, 6) is 0.625. The number of anilines is 1. The van der Waals surface area contributed by atoms with Crippen molar-refractivity contribution < 1.29 is 14.4 Å². The predicted molar refractivity (Wildman–Crippen MR) is 120 cm³/mol. The molecule has 29 heavy (non-hydrogen) atoms. The van der Waals surface area contributed by atoms with Crippen molar-refractivity contribution in [3.63, 3.8) is 0 Å². The Balaban J connectivity index is 2.02. The first kappa shape index (κ1) is 20.6. The average molecular weight is 405 g/mol. The number of nitrogens with zero attached hydrogens (tertiary/aromatic N) is 1. The van der Waals surface area contributed by atoms with Crippen LogP contribution < -0.4 is 19.7 Å². The highest BCUT2D eigenvalue weighted by atomic mass is 32.1. The number of hydrogen-bond acceptors (Lipinski definition) is 3. The highest BCUT2D eigenvalue weighted by Gasteiger charge is 2.19. The zero-order valence-corrected chi connectivity index (χ0v) is 17.6. The number of benzene rings is 2. The third-order valence-electron chi connectivity index (χ3n) is 4.61. The van der Waals surface area contributed by atoms with Gasteiger partial charge >= 0.3 is 0 Å². The molecule has 0 aliphatic carbocycles. The lowest BCUT2D eigenvalue weighted by atomic mass is 10.1. The summed E-state index contributed by atoms with van der Waals surface area (Å²) in [6.07, 6.45) is 4.66. The van der Waals surface area contributed by atoms with Gasteiger partial charge in [0, 0.05) is 17.3 Å². The SMILES string of the molecule is CCc1ccc(C([O-])=C(C(=S)Nc2ccc(OC)cc2)[n+]2cccc(C)c2)cc1. The van der Waals surface area contributed by atoms with E-state index in [1.807, 2.05) is 80.0 Å². The van der Waals surface area contributed by atoms with Crippen LogP contribution in [0.15, 0.2) is 73.1 Å². The topological polar surface area (TPSA) is 48.2 Å². The lowest BCUT2D eigenvalue weighted by Crippen LogP contribution is -2.40. The van der Waals surface area contributed by atoms with Gasteiger partial charge in [0.05, 0.1) is 7.11 Å². The Hall–Kier alpha value is -3.18. The molecule has 1 heterocycles. The average Bonchev–Trinajstić information content (AvgIpc) is 2.74. The minimum Gasteiger partial charge on any atom is -0.867 e. The van der Waals surface area contributed by atoms with Gasteiger partial charge in [0.1, 0.15) is 5.75 Å². The van der Waals surface area contributed by atoms with Crippen molar-refractivity contribution in [1.29, 1.82) is 0 Å². The number of thiocarbonyl (C=S) groups is 1. The maximum absolute atomic E-state index is 13.4. The van der Waals surface area contributed by atoms with Gasteiger partial charge < -0.3 is 15.2 Å². The molecule has 148 valence electrons. The molecule has 0 bridgehead atoms. The van der Waals surface area contributed by atoms with Crippen molar-refractivity contribution in [2.75, 3.05) is 12.4 Å². The van der Waals surface area contributed by atoms with Crippen LogP contribution in [0.3, 0.4) is 0 Å². The van der Waals surface area contributed by atoms with Crippen molar-refractivity contribution in [3.05, 3.63) is 89.7 Å². The molecule has 0 atom stereocenters. The Morgan fingerprint density at radius 1 is 1.07 bits per heavy atom. The Labute approximate surface area is 177 Å². The third-order valence-corrected chi connectivity index (χ3v) is 4.90.